The van der Waals surface area contributed by atoms with Crippen LogP contribution in [0, 0.1) is 11.8 Å². The summed E-state index contributed by atoms with van der Waals surface area (Å²) in [6.07, 6.45) is 4.05. The molecule has 1 fully saturated rings. The molecule has 0 heterocycles. The lowest BCUT2D eigenvalue weighted by atomic mass is 9.94. The fourth-order valence-corrected chi connectivity index (χ4v) is 2.83. The van der Waals surface area contributed by atoms with Gasteiger partial charge in [0.2, 0.25) is 5.91 Å². The van der Waals surface area contributed by atoms with Gasteiger partial charge in [0.15, 0.2) is 0 Å². The lowest BCUT2D eigenvalue weighted by molar-refractivity contribution is -0.149. The van der Waals surface area contributed by atoms with Gasteiger partial charge >= 0.3 is 5.97 Å². The number of rotatable bonds is 5. The molecular formula is C13H23NO3. The molecule has 0 aromatic carbocycles. The van der Waals surface area contributed by atoms with Crippen LogP contribution in [0.25, 0.3) is 0 Å². The Balaban J connectivity index is 2.71. The molecule has 1 aliphatic carbocycles. The maximum atomic E-state index is 12.3. The number of nitrogens with zero attached hydrogens (tertiary/aromatic N) is 1. The van der Waals surface area contributed by atoms with Gasteiger partial charge in [0.05, 0.1) is 11.8 Å². The van der Waals surface area contributed by atoms with Crippen molar-refractivity contribution in [3.05, 3.63) is 0 Å². The van der Waals surface area contributed by atoms with E-state index in [4.69, 9.17) is 5.11 Å². The molecule has 0 spiro atoms. The van der Waals surface area contributed by atoms with Gasteiger partial charge in [-0.2, -0.15) is 0 Å². The van der Waals surface area contributed by atoms with Crippen molar-refractivity contribution in [3.63, 3.8) is 0 Å². The zero-order chi connectivity index (χ0) is 13.0. The van der Waals surface area contributed by atoms with E-state index in [0.29, 0.717) is 6.42 Å². The minimum atomic E-state index is -0.821. The number of amides is 1. The van der Waals surface area contributed by atoms with Gasteiger partial charge in [-0.1, -0.05) is 20.3 Å². The van der Waals surface area contributed by atoms with Gasteiger partial charge in [-0.15, -0.1) is 0 Å². The number of carbonyl (C=O) groups excluding carboxylic acids is 1. The van der Waals surface area contributed by atoms with Crippen LogP contribution in [-0.4, -0.2) is 35.0 Å². The molecule has 1 N–H and O–H groups in total. The Labute approximate surface area is 103 Å². The van der Waals surface area contributed by atoms with Gasteiger partial charge in [-0.3, -0.25) is 9.59 Å². The van der Waals surface area contributed by atoms with Gasteiger partial charge < -0.3 is 10.0 Å². The first-order valence-electron chi connectivity index (χ1n) is 6.52. The Kier molecular flexibility index (Phi) is 4.97. The highest BCUT2D eigenvalue weighted by Gasteiger charge is 2.39. The standard InChI is InChI=1S/C13H23NO3/c1-4-9(5-2)14(3)12(15)10-7-6-8-11(10)13(16)17/h9-11H,4-8H2,1-3H3,(H,16,17). The Morgan fingerprint density at radius 3 is 2.24 bits per heavy atom. The molecular weight excluding hydrogens is 218 g/mol. The number of carboxylic acids is 1. The van der Waals surface area contributed by atoms with E-state index in [1.54, 1.807) is 11.9 Å². The van der Waals surface area contributed by atoms with Crippen LogP contribution in [0.5, 0.6) is 0 Å². The largest absolute Gasteiger partial charge is 0.481 e. The first-order chi connectivity index (χ1) is 8.02. The van der Waals surface area contributed by atoms with Gasteiger partial charge in [0, 0.05) is 13.1 Å². The van der Waals surface area contributed by atoms with Crippen molar-refractivity contribution in [2.45, 2.75) is 52.0 Å². The van der Waals surface area contributed by atoms with Crippen molar-refractivity contribution >= 4 is 11.9 Å². The molecule has 1 aliphatic rings. The Hall–Kier alpha value is -1.06. The molecule has 0 bridgehead atoms. The first kappa shape index (κ1) is 14.0. The fraction of sp³-hybridized carbons (Fsp3) is 0.846. The van der Waals surface area contributed by atoms with E-state index in [1.807, 2.05) is 0 Å². The van der Waals surface area contributed by atoms with Crippen LogP contribution in [0.15, 0.2) is 0 Å². The fourth-order valence-electron chi connectivity index (χ4n) is 2.83. The number of aliphatic carboxylic acids is 1. The van der Waals surface area contributed by atoms with E-state index in [1.165, 1.54) is 0 Å². The van der Waals surface area contributed by atoms with Crippen LogP contribution in [0.3, 0.4) is 0 Å². The van der Waals surface area contributed by atoms with E-state index in [2.05, 4.69) is 13.8 Å². The van der Waals surface area contributed by atoms with Crippen molar-refractivity contribution in [2.24, 2.45) is 11.8 Å². The molecule has 1 rings (SSSR count). The second-order valence-electron chi connectivity index (χ2n) is 4.90. The minimum Gasteiger partial charge on any atom is -0.481 e. The molecule has 0 aromatic heterocycles. The average molecular weight is 241 g/mol. The Morgan fingerprint density at radius 1 is 1.24 bits per heavy atom. The number of carbonyl (C=O) groups is 2. The van der Waals surface area contributed by atoms with Gasteiger partial charge in [0.1, 0.15) is 0 Å². The monoisotopic (exact) mass is 241 g/mol. The lowest BCUT2D eigenvalue weighted by Crippen LogP contribution is -2.42. The maximum absolute atomic E-state index is 12.3. The summed E-state index contributed by atoms with van der Waals surface area (Å²) in [5.41, 5.74) is 0. The third-order valence-electron chi connectivity index (χ3n) is 3.99. The molecule has 4 nitrogen and oxygen atoms in total. The smallest absolute Gasteiger partial charge is 0.307 e. The SMILES string of the molecule is CCC(CC)N(C)C(=O)C1CCCC1C(=O)O. The zero-order valence-electron chi connectivity index (χ0n) is 11.0. The summed E-state index contributed by atoms with van der Waals surface area (Å²) in [6, 6.07) is 0.234. The maximum Gasteiger partial charge on any atom is 0.307 e. The van der Waals surface area contributed by atoms with Crippen LogP contribution >= 0.6 is 0 Å². The molecule has 1 amide bonds. The van der Waals surface area contributed by atoms with E-state index in [-0.39, 0.29) is 17.9 Å². The summed E-state index contributed by atoms with van der Waals surface area (Å²) in [5.74, 6) is -1.58. The second kappa shape index (κ2) is 6.03. The van der Waals surface area contributed by atoms with E-state index in [0.717, 1.165) is 25.7 Å². The summed E-state index contributed by atoms with van der Waals surface area (Å²) in [6.45, 7) is 4.11. The summed E-state index contributed by atoms with van der Waals surface area (Å²) in [5, 5.41) is 9.10. The van der Waals surface area contributed by atoms with Crippen LogP contribution in [0.2, 0.25) is 0 Å². The third-order valence-corrected chi connectivity index (χ3v) is 3.99. The summed E-state index contributed by atoms with van der Waals surface area (Å²) in [7, 11) is 1.80. The quantitative estimate of drug-likeness (QED) is 0.802. The van der Waals surface area contributed by atoms with Crippen LogP contribution < -0.4 is 0 Å². The molecule has 2 unspecified atom stereocenters. The van der Waals surface area contributed by atoms with E-state index in [9.17, 15) is 9.59 Å². The third kappa shape index (κ3) is 2.99. The summed E-state index contributed by atoms with van der Waals surface area (Å²) in [4.78, 5) is 25.1. The highest BCUT2D eigenvalue weighted by molar-refractivity contribution is 5.85. The molecule has 0 radical (unpaired) electrons. The molecule has 0 aromatic rings. The molecule has 4 heteroatoms. The number of carboxylic acid groups (broad SMARTS) is 1. The Bertz CT molecular complexity index is 286. The van der Waals surface area contributed by atoms with Crippen molar-refractivity contribution in [3.8, 4) is 0 Å². The number of hydrogen-bond acceptors (Lipinski definition) is 2. The molecule has 0 aliphatic heterocycles. The zero-order valence-corrected chi connectivity index (χ0v) is 11.0. The van der Waals surface area contributed by atoms with Crippen molar-refractivity contribution in [1.82, 2.24) is 4.90 Å². The molecule has 98 valence electrons. The van der Waals surface area contributed by atoms with Crippen molar-refractivity contribution in [1.29, 1.82) is 0 Å². The highest BCUT2D eigenvalue weighted by atomic mass is 16.4. The molecule has 1 saturated carbocycles. The van der Waals surface area contributed by atoms with Crippen LogP contribution in [0.1, 0.15) is 46.0 Å². The second-order valence-corrected chi connectivity index (χ2v) is 4.90. The molecule has 17 heavy (non-hydrogen) atoms. The van der Waals surface area contributed by atoms with Gasteiger partial charge in [-0.25, -0.2) is 0 Å². The summed E-state index contributed by atoms with van der Waals surface area (Å²) >= 11 is 0. The summed E-state index contributed by atoms with van der Waals surface area (Å²) < 4.78 is 0. The van der Waals surface area contributed by atoms with Gasteiger partial charge in [-0.05, 0) is 25.7 Å². The van der Waals surface area contributed by atoms with Crippen LogP contribution in [0.4, 0.5) is 0 Å². The Morgan fingerprint density at radius 2 is 1.76 bits per heavy atom. The topological polar surface area (TPSA) is 57.6 Å². The van der Waals surface area contributed by atoms with Crippen molar-refractivity contribution in [2.75, 3.05) is 7.05 Å². The van der Waals surface area contributed by atoms with E-state index < -0.39 is 11.9 Å². The molecule has 0 saturated heterocycles. The van der Waals surface area contributed by atoms with Gasteiger partial charge in [0.25, 0.3) is 0 Å². The van der Waals surface area contributed by atoms with Crippen LogP contribution in [-0.2, 0) is 9.59 Å². The van der Waals surface area contributed by atoms with Crippen molar-refractivity contribution < 1.29 is 14.7 Å². The number of hydrogen-bond donors (Lipinski definition) is 1. The first-order valence-corrected chi connectivity index (χ1v) is 6.52. The average Bonchev–Trinajstić information content (AvgIpc) is 2.78. The minimum absolute atomic E-state index is 0.0172. The lowest BCUT2D eigenvalue weighted by Gasteiger charge is -2.30. The normalized spacial score (nSPS) is 24.0. The van der Waals surface area contributed by atoms with E-state index >= 15 is 0 Å². The predicted octanol–water partition coefficient (Wildman–Crippen LogP) is 2.13. The predicted molar refractivity (Wildman–Crippen MR) is 65.6 cm³/mol. The highest BCUT2D eigenvalue weighted by Crippen LogP contribution is 2.33. The molecule has 2 atom stereocenters.